The number of rotatable bonds is 4. The maximum absolute atomic E-state index is 5.78. The summed E-state index contributed by atoms with van der Waals surface area (Å²) in [5.41, 5.74) is 5.78. The molecule has 1 aliphatic carbocycles. The number of nitrogens with zero attached hydrogens (tertiary/aromatic N) is 2. The van der Waals surface area contributed by atoms with Crippen molar-refractivity contribution in [1.82, 2.24) is 9.97 Å². The molecule has 1 aliphatic rings. The first kappa shape index (κ1) is 11.3. The van der Waals surface area contributed by atoms with Gasteiger partial charge in [0, 0.05) is 12.3 Å². The Morgan fingerprint density at radius 2 is 2.12 bits per heavy atom. The van der Waals surface area contributed by atoms with Crippen LogP contribution < -0.4 is 10.5 Å². The molecule has 0 radical (unpaired) electrons. The van der Waals surface area contributed by atoms with Crippen LogP contribution >= 0.6 is 0 Å². The molecule has 88 valence electrons. The van der Waals surface area contributed by atoms with E-state index in [0.29, 0.717) is 17.7 Å². The molecule has 2 N–H and O–H groups in total. The van der Waals surface area contributed by atoms with Crippen LogP contribution in [0.4, 0.5) is 0 Å². The van der Waals surface area contributed by atoms with Crippen LogP contribution in [0.2, 0.25) is 0 Å². The zero-order valence-corrected chi connectivity index (χ0v) is 9.51. The second kappa shape index (κ2) is 5.80. The average molecular weight is 221 g/mol. The summed E-state index contributed by atoms with van der Waals surface area (Å²) in [6, 6.07) is 1.79. The van der Waals surface area contributed by atoms with Gasteiger partial charge in [-0.1, -0.05) is 12.8 Å². The fourth-order valence-corrected chi connectivity index (χ4v) is 2.37. The molecule has 0 bridgehead atoms. The van der Waals surface area contributed by atoms with Crippen LogP contribution in [-0.2, 0) is 0 Å². The van der Waals surface area contributed by atoms with Crippen molar-refractivity contribution in [1.29, 1.82) is 0 Å². The normalized spacial score (nSPS) is 25.3. The standard InChI is InChI=1S/C12H19N3O/c13-7-10-3-1-2-4-11(10)8-16-12-5-6-14-9-15-12/h5-6,9-11H,1-4,7-8,13H2. The van der Waals surface area contributed by atoms with Gasteiger partial charge in [0.1, 0.15) is 6.33 Å². The van der Waals surface area contributed by atoms with E-state index in [-0.39, 0.29) is 0 Å². The zero-order chi connectivity index (χ0) is 11.2. The SMILES string of the molecule is NCC1CCCCC1COc1ccncn1. The van der Waals surface area contributed by atoms with Gasteiger partial charge < -0.3 is 10.5 Å². The fraction of sp³-hybridized carbons (Fsp3) is 0.667. The number of nitrogens with two attached hydrogens (primary N) is 1. The summed E-state index contributed by atoms with van der Waals surface area (Å²) < 4.78 is 5.67. The summed E-state index contributed by atoms with van der Waals surface area (Å²) in [5.74, 6) is 1.88. The highest BCUT2D eigenvalue weighted by Gasteiger charge is 2.24. The third-order valence-corrected chi connectivity index (χ3v) is 3.37. The highest BCUT2D eigenvalue weighted by atomic mass is 16.5. The topological polar surface area (TPSA) is 61.0 Å². The maximum atomic E-state index is 5.78. The van der Waals surface area contributed by atoms with Gasteiger partial charge in [-0.2, -0.15) is 0 Å². The molecular formula is C12H19N3O. The number of aromatic nitrogens is 2. The molecule has 0 aromatic carbocycles. The van der Waals surface area contributed by atoms with Crippen molar-refractivity contribution < 1.29 is 4.74 Å². The Morgan fingerprint density at radius 3 is 2.81 bits per heavy atom. The van der Waals surface area contributed by atoms with Gasteiger partial charge in [0.2, 0.25) is 5.88 Å². The molecular weight excluding hydrogens is 202 g/mol. The molecule has 2 unspecified atom stereocenters. The van der Waals surface area contributed by atoms with Gasteiger partial charge in [-0.15, -0.1) is 0 Å². The first-order valence-electron chi connectivity index (χ1n) is 5.99. The van der Waals surface area contributed by atoms with Gasteiger partial charge in [-0.05, 0) is 31.2 Å². The Kier molecular flexibility index (Phi) is 4.10. The summed E-state index contributed by atoms with van der Waals surface area (Å²) in [7, 11) is 0. The molecule has 16 heavy (non-hydrogen) atoms. The van der Waals surface area contributed by atoms with Crippen molar-refractivity contribution in [3.63, 3.8) is 0 Å². The number of ether oxygens (including phenoxy) is 1. The fourth-order valence-electron chi connectivity index (χ4n) is 2.37. The molecule has 4 heteroatoms. The second-order valence-corrected chi connectivity index (χ2v) is 4.40. The smallest absolute Gasteiger partial charge is 0.216 e. The van der Waals surface area contributed by atoms with Gasteiger partial charge >= 0.3 is 0 Å². The van der Waals surface area contributed by atoms with E-state index in [0.717, 1.165) is 13.2 Å². The highest BCUT2D eigenvalue weighted by molar-refractivity contribution is 5.04. The van der Waals surface area contributed by atoms with Gasteiger partial charge in [-0.25, -0.2) is 9.97 Å². The molecule has 1 aromatic rings. The van der Waals surface area contributed by atoms with Crippen LogP contribution in [0.3, 0.4) is 0 Å². The Hall–Kier alpha value is -1.16. The van der Waals surface area contributed by atoms with Crippen LogP contribution in [0.15, 0.2) is 18.6 Å². The zero-order valence-electron chi connectivity index (χ0n) is 9.51. The molecule has 2 rings (SSSR count). The summed E-state index contributed by atoms with van der Waals surface area (Å²) in [4.78, 5) is 7.91. The summed E-state index contributed by atoms with van der Waals surface area (Å²) in [6.45, 7) is 1.51. The lowest BCUT2D eigenvalue weighted by molar-refractivity contribution is 0.149. The summed E-state index contributed by atoms with van der Waals surface area (Å²) in [6.07, 6.45) is 8.29. The molecule has 1 heterocycles. The lowest BCUT2D eigenvalue weighted by atomic mass is 9.80. The highest BCUT2D eigenvalue weighted by Crippen LogP contribution is 2.29. The minimum Gasteiger partial charge on any atom is -0.477 e. The van der Waals surface area contributed by atoms with E-state index in [1.807, 2.05) is 0 Å². The minimum atomic E-state index is 0.591. The van der Waals surface area contributed by atoms with Crippen molar-refractivity contribution in [3.8, 4) is 5.88 Å². The van der Waals surface area contributed by atoms with Crippen LogP contribution in [0.25, 0.3) is 0 Å². The van der Waals surface area contributed by atoms with Gasteiger partial charge in [0.15, 0.2) is 0 Å². The molecule has 4 nitrogen and oxygen atoms in total. The Bertz CT molecular complexity index is 304. The van der Waals surface area contributed by atoms with Gasteiger partial charge in [0.05, 0.1) is 6.61 Å². The van der Waals surface area contributed by atoms with Crippen LogP contribution in [0.5, 0.6) is 5.88 Å². The Morgan fingerprint density at radius 1 is 1.31 bits per heavy atom. The molecule has 1 saturated carbocycles. The Labute approximate surface area is 96.2 Å². The van der Waals surface area contributed by atoms with Crippen LogP contribution in [0, 0.1) is 11.8 Å². The first-order chi connectivity index (χ1) is 7.90. The Balaban J connectivity index is 1.84. The predicted molar refractivity (Wildman–Crippen MR) is 62.0 cm³/mol. The largest absolute Gasteiger partial charge is 0.477 e. The van der Waals surface area contributed by atoms with E-state index in [1.165, 1.54) is 32.0 Å². The summed E-state index contributed by atoms with van der Waals surface area (Å²) >= 11 is 0. The van der Waals surface area contributed by atoms with Crippen LogP contribution in [-0.4, -0.2) is 23.1 Å². The molecule has 1 fully saturated rings. The van der Waals surface area contributed by atoms with Crippen molar-refractivity contribution in [2.75, 3.05) is 13.2 Å². The van der Waals surface area contributed by atoms with Crippen molar-refractivity contribution in [2.24, 2.45) is 17.6 Å². The molecule has 1 aromatic heterocycles. The lowest BCUT2D eigenvalue weighted by Crippen LogP contribution is -2.30. The second-order valence-electron chi connectivity index (χ2n) is 4.40. The van der Waals surface area contributed by atoms with E-state index in [2.05, 4.69) is 9.97 Å². The van der Waals surface area contributed by atoms with E-state index < -0.39 is 0 Å². The summed E-state index contributed by atoms with van der Waals surface area (Å²) in [5, 5.41) is 0. The van der Waals surface area contributed by atoms with E-state index >= 15 is 0 Å². The number of hydrogen-bond acceptors (Lipinski definition) is 4. The molecule has 0 saturated heterocycles. The van der Waals surface area contributed by atoms with E-state index in [1.54, 1.807) is 12.3 Å². The maximum Gasteiger partial charge on any atom is 0.216 e. The molecule has 0 aliphatic heterocycles. The van der Waals surface area contributed by atoms with Crippen molar-refractivity contribution in [3.05, 3.63) is 18.6 Å². The monoisotopic (exact) mass is 221 g/mol. The molecule has 2 atom stereocenters. The average Bonchev–Trinajstić information content (AvgIpc) is 2.38. The molecule has 0 spiro atoms. The van der Waals surface area contributed by atoms with Gasteiger partial charge in [0.25, 0.3) is 0 Å². The molecule has 0 amide bonds. The van der Waals surface area contributed by atoms with Crippen LogP contribution in [0.1, 0.15) is 25.7 Å². The van der Waals surface area contributed by atoms with Gasteiger partial charge in [-0.3, -0.25) is 0 Å². The third kappa shape index (κ3) is 2.92. The number of hydrogen-bond donors (Lipinski definition) is 1. The first-order valence-corrected chi connectivity index (χ1v) is 5.99. The lowest BCUT2D eigenvalue weighted by Gasteiger charge is -2.30. The van der Waals surface area contributed by atoms with E-state index in [4.69, 9.17) is 10.5 Å². The third-order valence-electron chi connectivity index (χ3n) is 3.37. The van der Waals surface area contributed by atoms with Crippen molar-refractivity contribution in [2.45, 2.75) is 25.7 Å². The minimum absolute atomic E-state index is 0.591. The predicted octanol–water partition coefficient (Wildman–Crippen LogP) is 1.62. The van der Waals surface area contributed by atoms with E-state index in [9.17, 15) is 0 Å². The van der Waals surface area contributed by atoms with Crippen molar-refractivity contribution >= 4 is 0 Å². The quantitative estimate of drug-likeness (QED) is 0.839.